The third kappa shape index (κ3) is 7.93. The Morgan fingerprint density at radius 3 is 2.65 bits per heavy atom. The molecule has 5 N–H and O–H groups in total. The summed E-state index contributed by atoms with van der Waals surface area (Å²) >= 11 is 6.04. The highest BCUT2D eigenvalue weighted by Crippen LogP contribution is 2.23. The molecule has 1 heterocycles. The average molecular weight is 449 g/mol. The lowest BCUT2D eigenvalue weighted by atomic mass is 10.1. The number of benzene rings is 1. The Bertz CT molecular complexity index is 893. The molecule has 9 nitrogen and oxygen atoms in total. The lowest BCUT2D eigenvalue weighted by Crippen LogP contribution is -2.30. The van der Waals surface area contributed by atoms with Crippen molar-refractivity contribution in [1.29, 1.82) is 0 Å². The molecule has 1 aromatic heterocycles. The molecule has 0 bridgehead atoms. The second-order valence-corrected chi connectivity index (χ2v) is 7.45. The molecule has 2 rings (SSSR count). The summed E-state index contributed by atoms with van der Waals surface area (Å²) in [6.45, 7) is 4.52. The number of nitrogens with two attached hydrogens (primary N) is 1. The van der Waals surface area contributed by atoms with Crippen LogP contribution in [0, 0.1) is 6.92 Å². The summed E-state index contributed by atoms with van der Waals surface area (Å²) in [6, 6.07) is 4.73. The Morgan fingerprint density at radius 2 is 1.90 bits per heavy atom. The average Bonchev–Trinajstić information content (AvgIpc) is 2.74. The maximum atomic E-state index is 12.3. The van der Waals surface area contributed by atoms with Gasteiger partial charge in [0.1, 0.15) is 11.4 Å². The Labute approximate surface area is 187 Å². The Morgan fingerprint density at radius 1 is 1.16 bits per heavy atom. The van der Waals surface area contributed by atoms with Crippen LogP contribution in [0.1, 0.15) is 61.4 Å². The van der Waals surface area contributed by atoms with Crippen molar-refractivity contribution in [3.05, 3.63) is 40.5 Å². The Balaban J connectivity index is 1.80. The molecule has 0 aliphatic rings. The number of urea groups is 1. The van der Waals surface area contributed by atoms with Gasteiger partial charge in [-0.2, -0.15) is 4.98 Å². The highest BCUT2D eigenvalue weighted by atomic mass is 35.5. The molecule has 2 aromatic rings. The topological polar surface area (TPSA) is 131 Å². The number of anilines is 3. The predicted octanol–water partition coefficient (Wildman–Crippen LogP) is 4.69. The first-order valence-electron chi connectivity index (χ1n) is 10.3. The molecule has 0 aliphatic heterocycles. The summed E-state index contributed by atoms with van der Waals surface area (Å²) in [6.07, 6.45) is 8.01. The first-order valence-corrected chi connectivity index (χ1v) is 10.7. The molecule has 2 amide bonds. The molecule has 0 spiro atoms. The van der Waals surface area contributed by atoms with Gasteiger partial charge in [-0.25, -0.2) is 20.1 Å². The van der Waals surface area contributed by atoms with E-state index in [0.29, 0.717) is 17.3 Å². The lowest BCUT2D eigenvalue weighted by molar-refractivity contribution is 0.0596. The van der Waals surface area contributed by atoms with Gasteiger partial charge >= 0.3 is 12.0 Å². The number of carbonyl (C=O) groups excluding carboxylic acids is 2. The van der Waals surface area contributed by atoms with Crippen molar-refractivity contribution in [2.24, 2.45) is 0 Å². The van der Waals surface area contributed by atoms with Gasteiger partial charge in [0.05, 0.1) is 5.69 Å². The van der Waals surface area contributed by atoms with Gasteiger partial charge in [-0.3, -0.25) is 5.32 Å². The van der Waals surface area contributed by atoms with E-state index in [4.69, 9.17) is 22.2 Å². The second-order valence-electron chi connectivity index (χ2n) is 7.05. The van der Waals surface area contributed by atoms with Gasteiger partial charge in [-0.05, 0) is 31.0 Å². The molecule has 0 aliphatic carbocycles. The van der Waals surface area contributed by atoms with Crippen LogP contribution in [-0.2, 0) is 4.84 Å². The van der Waals surface area contributed by atoms with E-state index in [2.05, 4.69) is 33.0 Å². The van der Waals surface area contributed by atoms with Crippen molar-refractivity contribution in [3.63, 3.8) is 0 Å². The van der Waals surface area contributed by atoms with E-state index < -0.39 is 12.0 Å². The largest absolute Gasteiger partial charge is 0.383 e. The van der Waals surface area contributed by atoms with Crippen molar-refractivity contribution < 1.29 is 14.4 Å². The minimum absolute atomic E-state index is 0.00635. The number of nitrogens with one attached hydrogen (secondary N) is 3. The van der Waals surface area contributed by atoms with E-state index in [0.717, 1.165) is 18.4 Å². The van der Waals surface area contributed by atoms with Crippen LogP contribution >= 0.6 is 11.6 Å². The molecule has 0 radical (unpaired) electrons. The molecule has 31 heavy (non-hydrogen) atoms. The van der Waals surface area contributed by atoms with Crippen LogP contribution in [0.4, 0.5) is 22.2 Å². The van der Waals surface area contributed by atoms with E-state index in [-0.39, 0.29) is 17.3 Å². The van der Waals surface area contributed by atoms with E-state index in [1.165, 1.54) is 31.9 Å². The minimum Gasteiger partial charge on any atom is -0.383 e. The Kier molecular flexibility index (Phi) is 9.83. The summed E-state index contributed by atoms with van der Waals surface area (Å²) < 4.78 is 0. The smallest absolute Gasteiger partial charge is 0.368 e. The van der Waals surface area contributed by atoms with E-state index in [9.17, 15) is 9.59 Å². The van der Waals surface area contributed by atoms with Gasteiger partial charge in [0.15, 0.2) is 0 Å². The first-order chi connectivity index (χ1) is 14.9. The van der Waals surface area contributed by atoms with Crippen LogP contribution in [0.25, 0.3) is 0 Å². The molecular formula is C21H29ClN6O3. The summed E-state index contributed by atoms with van der Waals surface area (Å²) in [5.41, 5.74) is 9.61. The minimum atomic E-state index is -0.768. The van der Waals surface area contributed by atoms with Gasteiger partial charge < -0.3 is 15.9 Å². The van der Waals surface area contributed by atoms with Crippen molar-refractivity contribution >= 4 is 41.1 Å². The van der Waals surface area contributed by atoms with Gasteiger partial charge in [-0.15, -0.1) is 0 Å². The van der Waals surface area contributed by atoms with Crippen LogP contribution in [0.15, 0.2) is 24.4 Å². The fourth-order valence-electron chi connectivity index (χ4n) is 2.74. The van der Waals surface area contributed by atoms with E-state index >= 15 is 0 Å². The maximum absolute atomic E-state index is 12.3. The number of nitrogen functional groups attached to an aromatic ring is 1. The van der Waals surface area contributed by atoms with Crippen molar-refractivity contribution in [2.75, 3.05) is 23.1 Å². The van der Waals surface area contributed by atoms with Gasteiger partial charge in [0.2, 0.25) is 5.95 Å². The number of halogens is 1. The first kappa shape index (κ1) is 24.2. The molecule has 0 fully saturated rings. The highest BCUT2D eigenvalue weighted by Gasteiger charge is 2.16. The maximum Gasteiger partial charge on any atom is 0.368 e. The zero-order chi connectivity index (χ0) is 22.6. The predicted molar refractivity (Wildman–Crippen MR) is 122 cm³/mol. The Hall–Kier alpha value is -3.07. The van der Waals surface area contributed by atoms with Crippen LogP contribution in [0.5, 0.6) is 0 Å². The third-order valence-electron chi connectivity index (χ3n) is 4.60. The van der Waals surface area contributed by atoms with Crippen molar-refractivity contribution in [3.8, 4) is 0 Å². The number of hydrogen-bond donors (Lipinski definition) is 4. The molecule has 1 aromatic carbocycles. The number of nitrogens with zero attached hydrogens (tertiary/aromatic N) is 2. The van der Waals surface area contributed by atoms with Crippen LogP contribution in [0.2, 0.25) is 5.02 Å². The number of aromatic nitrogens is 2. The normalized spacial score (nSPS) is 10.4. The zero-order valence-electron chi connectivity index (χ0n) is 17.8. The molecular weight excluding hydrogens is 420 g/mol. The molecule has 0 saturated carbocycles. The number of unbranched alkanes of at least 4 members (excludes halogenated alkanes) is 5. The number of hydrogen-bond acceptors (Lipinski definition) is 7. The van der Waals surface area contributed by atoms with Crippen LogP contribution in [-0.4, -0.2) is 28.5 Å². The number of rotatable bonds is 11. The molecule has 168 valence electrons. The molecule has 0 unspecified atom stereocenters. The zero-order valence-corrected chi connectivity index (χ0v) is 18.6. The van der Waals surface area contributed by atoms with Crippen LogP contribution < -0.4 is 21.8 Å². The van der Waals surface area contributed by atoms with Gasteiger partial charge in [0, 0.05) is 17.8 Å². The standard InChI is InChI=1S/C21H29ClN6O3/c1-3-4-5-6-7-8-12-24-21(30)27-20-25-13-15(18(23)26-20)19(29)31-28-17-11-9-10-16(22)14(17)2/h9-11,13,28H,3-8,12H2,1-2H3,(H4,23,24,25,26,27,30). The molecule has 0 atom stereocenters. The van der Waals surface area contributed by atoms with Gasteiger partial charge in [-0.1, -0.05) is 56.7 Å². The van der Waals surface area contributed by atoms with Crippen molar-refractivity contribution in [2.45, 2.75) is 52.4 Å². The summed E-state index contributed by atoms with van der Waals surface area (Å²) in [4.78, 5) is 37.1. The molecule has 0 saturated heterocycles. The number of carbonyl (C=O) groups is 2. The van der Waals surface area contributed by atoms with Crippen molar-refractivity contribution in [1.82, 2.24) is 15.3 Å². The fourth-order valence-corrected chi connectivity index (χ4v) is 2.91. The fraction of sp³-hybridized carbons (Fsp3) is 0.429. The lowest BCUT2D eigenvalue weighted by Gasteiger charge is -2.11. The molecule has 10 heteroatoms. The SMILES string of the molecule is CCCCCCCCNC(=O)Nc1ncc(C(=O)ONc2cccc(Cl)c2C)c(N)n1. The van der Waals surface area contributed by atoms with E-state index in [1.807, 2.05) is 0 Å². The summed E-state index contributed by atoms with van der Waals surface area (Å²) in [5.74, 6) is -0.889. The monoisotopic (exact) mass is 448 g/mol. The highest BCUT2D eigenvalue weighted by molar-refractivity contribution is 6.31. The van der Waals surface area contributed by atoms with Gasteiger partial charge in [0.25, 0.3) is 0 Å². The van der Waals surface area contributed by atoms with Crippen LogP contribution in [0.3, 0.4) is 0 Å². The quantitative estimate of drug-likeness (QED) is 0.289. The summed E-state index contributed by atoms with van der Waals surface area (Å²) in [7, 11) is 0. The number of amides is 2. The third-order valence-corrected chi connectivity index (χ3v) is 5.01. The summed E-state index contributed by atoms with van der Waals surface area (Å²) in [5, 5.41) is 5.78. The van der Waals surface area contributed by atoms with E-state index in [1.54, 1.807) is 25.1 Å². The second kappa shape index (κ2) is 12.6.